The first-order chi connectivity index (χ1) is 8.54. The highest BCUT2D eigenvalue weighted by Gasteiger charge is 2.30. The summed E-state index contributed by atoms with van der Waals surface area (Å²) < 4.78 is 0. The number of rotatable bonds is 1. The maximum atomic E-state index is 12.4. The third-order valence-corrected chi connectivity index (χ3v) is 3.14. The van der Waals surface area contributed by atoms with E-state index in [0.29, 0.717) is 21.8 Å². The van der Waals surface area contributed by atoms with Gasteiger partial charge in [-0.15, -0.1) is 0 Å². The van der Waals surface area contributed by atoms with Crippen LogP contribution in [0.3, 0.4) is 0 Å². The average Bonchev–Trinajstić information content (AvgIpc) is 2.41. The predicted octanol–water partition coefficient (Wildman–Crippen LogP) is 2.21. The SMILES string of the molecule is CN/C=C1/C(=O)c2ccc(Cl)cc2NC(=O)[C@@H]1C. The topological polar surface area (TPSA) is 58.2 Å². The fourth-order valence-corrected chi connectivity index (χ4v) is 2.07. The van der Waals surface area contributed by atoms with Crippen molar-refractivity contribution < 1.29 is 9.59 Å². The maximum absolute atomic E-state index is 12.4. The van der Waals surface area contributed by atoms with E-state index < -0.39 is 5.92 Å². The summed E-state index contributed by atoms with van der Waals surface area (Å²) in [5, 5.41) is 6.00. The van der Waals surface area contributed by atoms with Crippen LogP contribution in [0.1, 0.15) is 17.3 Å². The van der Waals surface area contributed by atoms with Gasteiger partial charge >= 0.3 is 0 Å². The average molecular weight is 265 g/mol. The molecule has 1 aromatic rings. The second-order valence-electron chi connectivity index (χ2n) is 4.12. The molecular formula is C13H13ClN2O2. The van der Waals surface area contributed by atoms with E-state index in [-0.39, 0.29) is 11.7 Å². The molecular weight excluding hydrogens is 252 g/mol. The van der Waals surface area contributed by atoms with E-state index in [1.165, 1.54) is 0 Å². The van der Waals surface area contributed by atoms with Crippen LogP contribution in [-0.2, 0) is 4.79 Å². The number of amides is 1. The third-order valence-electron chi connectivity index (χ3n) is 2.91. The number of ketones is 1. The van der Waals surface area contributed by atoms with Crippen LogP contribution in [0.15, 0.2) is 30.0 Å². The first kappa shape index (κ1) is 12.6. The highest BCUT2D eigenvalue weighted by atomic mass is 35.5. The molecule has 0 saturated heterocycles. The van der Waals surface area contributed by atoms with Gasteiger partial charge in [0.25, 0.3) is 0 Å². The molecule has 4 nitrogen and oxygen atoms in total. The van der Waals surface area contributed by atoms with E-state index >= 15 is 0 Å². The molecule has 5 heteroatoms. The first-order valence-corrected chi connectivity index (χ1v) is 5.95. The normalized spacial score (nSPS) is 21.3. The number of hydrogen-bond donors (Lipinski definition) is 2. The van der Waals surface area contributed by atoms with Crippen LogP contribution >= 0.6 is 11.6 Å². The molecule has 1 heterocycles. The minimum atomic E-state index is -0.504. The number of Topliss-reactive ketones (excluding diaryl/α,β-unsaturated/α-hetero) is 1. The number of benzene rings is 1. The molecule has 0 unspecified atom stereocenters. The third kappa shape index (κ3) is 2.11. The molecule has 0 saturated carbocycles. The number of hydrogen-bond acceptors (Lipinski definition) is 3. The zero-order valence-electron chi connectivity index (χ0n) is 10.1. The molecule has 1 atom stereocenters. The lowest BCUT2D eigenvalue weighted by Gasteiger charge is -2.09. The summed E-state index contributed by atoms with van der Waals surface area (Å²) in [5.74, 6) is -0.885. The van der Waals surface area contributed by atoms with Crippen molar-refractivity contribution in [3.63, 3.8) is 0 Å². The van der Waals surface area contributed by atoms with E-state index in [0.717, 1.165) is 0 Å². The van der Waals surface area contributed by atoms with Gasteiger partial charge in [-0.3, -0.25) is 9.59 Å². The van der Waals surface area contributed by atoms with Crippen molar-refractivity contribution >= 4 is 29.0 Å². The van der Waals surface area contributed by atoms with Crippen molar-refractivity contribution in [1.82, 2.24) is 5.32 Å². The van der Waals surface area contributed by atoms with Gasteiger partial charge in [-0.1, -0.05) is 11.6 Å². The van der Waals surface area contributed by atoms with Crippen molar-refractivity contribution in [2.45, 2.75) is 6.92 Å². The Hall–Kier alpha value is -1.81. The van der Waals surface area contributed by atoms with Crippen molar-refractivity contribution in [3.8, 4) is 0 Å². The molecule has 1 aliphatic heterocycles. The number of nitrogens with one attached hydrogen (secondary N) is 2. The number of fused-ring (bicyclic) bond motifs is 1. The number of anilines is 1. The number of carbonyl (C=O) groups is 2. The lowest BCUT2D eigenvalue weighted by molar-refractivity contribution is -0.118. The second kappa shape index (κ2) is 4.82. The molecule has 1 aliphatic rings. The van der Waals surface area contributed by atoms with Crippen LogP contribution in [-0.4, -0.2) is 18.7 Å². The molecule has 0 aliphatic carbocycles. The first-order valence-electron chi connectivity index (χ1n) is 5.57. The summed E-state index contributed by atoms with van der Waals surface area (Å²) in [5.41, 5.74) is 1.36. The van der Waals surface area contributed by atoms with Crippen LogP contribution in [0.4, 0.5) is 5.69 Å². The lowest BCUT2D eigenvalue weighted by Crippen LogP contribution is -2.22. The number of carbonyl (C=O) groups excluding carboxylic acids is 2. The van der Waals surface area contributed by atoms with Crippen LogP contribution in [0, 0.1) is 5.92 Å². The molecule has 1 amide bonds. The van der Waals surface area contributed by atoms with E-state index in [2.05, 4.69) is 10.6 Å². The molecule has 0 spiro atoms. The Bertz CT molecular complexity index is 552. The van der Waals surface area contributed by atoms with Gasteiger partial charge in [0.1, 0.15) is 0 Å². The molecule has 0 radical (unpaired) electrons. The summed E-state index contributed by atoms with van der Waals surface area (Å²) in [7, 11) is 1.69. The van der Waals surface area contributed by atoms with Gasteiger partial charge in [0, 0.05) is 29.4 Å². The number of halogens is 1. The monoisotopic (exact) mass is 264 g/mol. The Morgan fingerprint density at radius 3 is 2.78 bits per heavy atom. The van der Waals surface area contributed by atoms with Crippen LogP contribution in [0.5, 0.6) is 0 Å². The molecule has 0 bridgehead atoms. The van der Waals surface area contributed by atoms with Crippen molar-refractivity contribution in [3.05, 3.63) is 40.6 Å². The Labute approximate surface area is 110 Å². The Morgan fingerprint density at radius 2 is 2.11 bits per heavy atom. The van der Waals surface area contributed by atoms with Gasteiger partial charge in [-0.2, -0.15) is 0 Å². The molecule has 1 aromatic carbocycles. The quantitative estimate of drug-likeness (QED) is 0.765. The van der Waals surface area contributed by atoms with Gasteiger partial charge in [0.15, 0.2) is 5.78 Å². The predicted molar refractivity (Wildman–Crippen MR) is 70.7 cm³/mol. The van der Waals surface area contributed by atoms with Gasteiger partial charge in [-0.05, 0) is 25.1 Å². The van der Waals surface area contributed by atoms with Crippen LogP contribution in [0.25, 0.3) is 0 Å². The standard InChI is InChI=1S/C13H13ClN2O2/c1-7-10(6-15-2)12(17)9-4-3-8(14)5-11(9)16-13(7)18/h3-7,15H,1-2H3,(H,16,18)/b10-6+/t7-/m1/s1. The second-order valence-corrected chi connectivity index (χ2v) is 4.55. The summed E-state index contributed by atoms with van der Waals surface area (Å²) in [4.78, 5) is 24.3. The molecule has 2 N–H and O–H groups in total. The minimum absolute atomic E-state index is 0.165. The molecule has 0 fully saturated rings. The van der Waals surface area contributed by atoms with Gasteiger partial charge in [0.05, 0.1) is 11.6 Å². The van der Waals surface area contributed by atoms with E-state index in [4.69, 9.17) is 11.6 Å². The molecule has 18 heavy (non-hydrogen) atoms. The summed E-state index contributed by atoms with van der Waals surface area (Å²) in [6.45, 7) is 1.70. The highest BCUT2D eigenvalue weighted by molar-refractivity contribution is 6.31. The van der Waals surface area contributed by atoms with Crippen molar-refractivity contribution in [2.75, 3.05) is 12.4 Å². The fourth-order valence-electron chi connectivity index (χ4n) is 1.90. The summed E-state index contributed by atoms with van der Waals surface area (Å²) in [6, 6.07) is 4.85. The lowest BCUT2D eigenvalue weighted by atomic mass is 9.95. The summed E-state index contributed by atoms with van der Waals surface area (Å²) >= 11 is 5.87. The van der Waals surface area contributed by atoms with E-state index in [1.54, 1.807) is 38.4 Å². The highest BCUT2D eigenvalue weighted by Crippen LogP contribution is 2.29. The van der Waals surface area contributed by atoms with Crippen molar-refractivity contribution in [1.29, 1.82) is 0 Å². The smallest absolute Gasteiger partial charge is 0.231 e. The zero-order valence-corrected chi connectivity index (χ0v) is 10.8. The Morgan fingerprint density at radius 1 is 1.39 bits per heavy atom. The van der Waals surface area contributed by atoms with Crippen LogP contribution in [0.2, 0.25) is 5.02 Å². The van der Waals surface area contributed by atoms with Gasteiger partial charge in [0.2, 0.25) is 5.91 Å². The summed E-state index contributed by atoms with van der Waals surface area (Å²) in [6.07, 6.45) is 1.57. The minimum Gasteiger partial charge on any atom is -0.394 e. The fraction of sp³-hybridized carbons (Fsp3) is 0.231. The van der Waals surface area contributed by atoms with Crippen molar-refractivity contribution in [2.24, 2.45) is 5.92 Å². The molecule has 0 aromatic heterocycles. The Balaban J connectivity index is 2.59. The van der Waals surface area contributed by atoms with Crippen LogP contribution < -0.4 is 10.6 Å². The van der Waals surface area contributed by atoms with E-state index in [9.17, 15) is 9.59 Å². The zero-order chi connectivity index (χ0) is 13.3. The van der Waals surface area contributed by atoms with Gasteiger partial charge < -0.3 is 10.6 Å². The Kier molecular flexibility index (Phi) is 3.39. The maximum Gasteiger partial charge on any atom is 0.231 e. The molecule has 2 rings (SSSR count). The molecule has 94 valence electrons. The largest absolute Gasteiger partial charge is 0.394 e. The van der Waals surface area contributed by atoms with E-state index in [1.807, 2.05) is 0 Å². The van der Waals surface area contributed by atoms with Gasteiger partial charge in [-0.25, -0.2) is 0 Å².